The summed E-state index contributed by atoms with van der Waals surface area (Å²) in [6, 6.07) is 1.80. The zero-order chi connectivity index (χ0) is 10.4. The number of rotatable bonds is 1. The molecule has 2 nitrogen and oxygen atoms in total. The van der Waals surface area contributed by atoms with E-state index in [9.17, 15) is 4.79 Å². The molecule has 0 aliphatic carbocycles. The van der Waals surface area contributed by atoms with E-state index < -0.39 is 5.97 Å². The second kappa shape index (κ2) is 5.75. The molecular weight excluding hydrogens is 184 g/mol. The number of carboxylic acid groups (broad SMARTS) is 1. The lowest BCUT2D eigenvalue weighted by molar-refractivity contribution is 0.0701. The fraction of sp³-hybridized carbons (Fsp3) is 0.500. The third kappa shape index (κ3) is 5.42. The Morgan fingerprint density at radius 1 is 1.46 bits per heavy atom. The maximum atomic E-state index is 10.3. The summed E-state index contributed by atoms with van der Waals surface area (Å²) in [5, 5.41) is 10.2. The predicted octanol–water partition coefficient (Wildman–Crippen LogP) is 3.42. The van der Waals surface area contributed by atoms with Gasteiger partial charge in [-0.3, -0.25) is 0 Å². The van der Waals surface area contributed by atoms with E-state index in [0.717, 1.165) is 11.5 Å². The first-order chi connectivity index (χ1) is 5.95. The third-order valence-corrected chi connectivity index (χ3v) is 2.06. The van der Waals surface area contributed by atoms with E-state index in [1.54, 1.807) is 18.4 Å². The lowest BCUT2D eigenvalue weighted by Crippen LogP contribution is -1.92. The maximum Gasteiger partial charge on any atom is 0.346 e. The summed E-state index contributed by atoms with van der Waals surface area (Å²) in [5.74, 6) is 0.00231. The van der Waals surface area contributed by atoms with E-state index in [2.05, 4.69) is 20.8 Å². The molecule has 0 saturated carbocycles. The van der Waals surface area contributed by atoms with Gasteiger partial charge in [0, 0.05) is 0 Å². The Morgan fingerprint density at radius 2 is 1.92 bits per heavy atom. The SMILES string of the molecule is CC(C)C.Cc1ccsc1C(=O)O. The molecule has 0 bridgehead atoms. The van der Waals surface area contributed by atoms with Gasteiger partial charge in [-0.25, -0.2) is 4.79 Å². The Labute approximate surface area is 83.2 Å². The summed E-state index contributed by atoms with van der Waals surface area (Å²) < 4.78 is 0. The minimum Gasteiger partial charge on any atom is -0.477 e. The van der Waals surface area contributed by atoms with Gasteiger partial charge in [-0.15, -0.1) is 11.3 Å². The average Bonchev–Trinajstić information content (AvgIpc) is 2.33. The van der Waals surface area contributed by atoms with Gasteiger partial charge in [0.05, 0.1) is 0 Å². The van der Waals surface area contributed by atoms with Crippen LogP contribution in [0.25, 0.3) is 0 Å². The minimum atomic E-state index is -0.831. The van der Waals surface area contributed by atoms with Crippen molar-refractivity contribution in [2.45, 2.75) is 27.7 Å². The van der Waals surface area contributed by atoms with Crippen LogP contribution in [0.3, 0.4) is 0 Å². The molecule has 1 aromatic rings. The molecule has 0 unspecified atom stereocenters. The van der Waals surface area contributed by atoms with Crippen molar-refractivity contribution in [3.63, 3.8) is 0 Å². The van der Waals surface area contributed by atoms with Gasteiger partial charge in [-0.2, -0.15) is 0 Å². The van der Waals surface area contributed by atoms with E-state index in [1.807, 2.05) is 0 Å². The molecular formula is C10H16O2S. The summed E-state index contributed by atoms with van der Waals surface area (Å²) in [6.07, 6.45) is 0. The molecule has 0 radical (unpaired) electrons. The van der Waals surface area contributed by atoms with E-state index in [1.165, 1.54) is 11.3 Å². The molecule has 0 saturated heterocycles. The smallest absolute Gasteiger partial charge is 0.346 e. The highest BCUT2D eigenvalue weighted by atomic mass is 32.1. The van der Waals surface area contributed by atoms with Gasteiger partial charge in [-0.1, -0.05) is 20.8 Å². The van der Waals surface area contributed by atoms with Crippen LogP contribution in [0, 0.1) is 12.8 Å². The third-order valence-electron chi connectivity index (χ3n) is 1.06. The van der Waals surface area contributed by atoms with Crippen molar-refractivity contribution >= 4 is 17.3 Å². The van der Waals surface area contributed by atoms with Crippen molar-refractivity contribution in [3.05, 3.63) is 21.9 Å². The lowest BCUT2D eigenvalue weighted by atomic mass is 10.3. The monoisotopic (exact) mass is 200 g/mol. The summed E-state index contributed by atoms with van der Waals surface area (Å²) in [4.78, 5) is 10.7. The van der Waals surface area contributed by atoms with Crippen LogP contribution in [0.15, 0.2) is 11.4 Å². The van der Waals surface area contributed by atoms with Gasteiger partial charge in [0.15, 0.2) is 0 Å². The van der Waals surface area contributed by atoms with Crippen molar-refractivity contribution in [2.24, 2.45) is 5.92 Å². The predicted molar refractivity (Wildman–Crippen MR) is 56.5 cm³/mol. The number of aromatic carboxylic acids is 1. The Hall–Kier alpha value is -0.830. The van der Waals surface area contributed by atoms with Crippen molar-refractivity contribution in [1.82, 2.24) is 0 Å². The van der Waals surface area contributed by atoms with Crippen LogP contribution in [0.5, 0.6) is 0 Å². The van der Waals surface area contributed by atoms with Gasteiger partial charge in [0.1, 0.15) is 4.88 Å². The maximum absolute atomic E-state index is 10.3. The Balaban J connectivity index is 0.000000310. The van der Waals surface area contributed by atoms with Crippen molar-refractivity contribution in [2.75, 3.05) is 0 Å². The topological polar surface area (TPSA) is 37.3 Å². The molecule has 0 aliphatic rings. The lowest BCUT2D eigenvalue weighted by Gasteiger charge is -1.86. The highest BCUT2D eigenvalue weighted by Crippen LogP contribution is 2.14. The second-order valence-electron chi connectivity index (χ2n) is 3.47. The van der Waals surface area contributed by atoms with E-state index in [0.29, 0.717) is 4.88 Å². The summed E-state index contributed by atoms with van der Waals surface area (Å²) in [7, 11) is 0. The van der Waals surface area contributed by atoms with Gasteiger partial charge in [0.25, 0.3) is 0 Å². The number of carboxylic acids is 1. The molecule has 13 heavy (non-hydrogen) atoms. The normalized spacial score (nSPS) is 9.31. The molecule has 1 rings (SSSR count). The van der Waals surface area contributed by atoms with Crippen LogP contribution in [0.1, 0.15) is 36.0 Å². The zero-order valence-corrected chi connectivity index (χ0v) is 9.31. The van der Waals surface area contributed by atoms with Crippen molar-refractivity contribution < 1.29 is 9.90 Å². The standard InChI is InChI=1S/C6H6O2S.C4H10/c1-4-2-3-9-5(4)6(7)8;1-4(2)3/h2-3H,1H3,(H,7,8);4H,1-3H3. The number of thiophene rings is 1. The fourth-order valence-electron chi connectivity index (χ4n) is 0.592. The van der Waals surface area contributed by atoms with E-state index >= 15 is 0 Å². The molecule has 0 amide bonds. The van der Waals surface area contributed by atoms with E-state index in [4.69, 9.17) is 5.11 Å². The van der Waals surface area contributed by atoms with Gasteiger partial charge in [0.2, 0.25) is 0 Å². The molecule has 1 heterocycles. The summed E-state index contributed by atoms with van der Waals surface area (Å²) in [6.45, 7) is 8.29. The molecule has 1 aromatic heterocycles. The minimum absolute atomic E-state index is 0.440. The average molecular weight is 200 g/mol. The van der Waals surface area contributed by atoms with Crippen LogP contribution in [0.4, 0.5) is 0 Å². The first kappa shape index (κ1) is 12.2. The Kier molecular flexibility index (Phi) is 5.39. The molecule has 1 N–H and O–H groups in total. The van der Waals surface area contributed by atoms with Crippen LogP contribution in [-0.2, 0) is 0 Å². The second-order valence-corrected chi connectivity index (χ2v) is 4.39. The van der Waals surface area contributed by atoms with Crippen LogP contribution in [0.2, 0.25) is 0 Å². The quantitative estimate of drug-likeness (QED) is 0.754. The van der Waals surface area contributed by atoms with Gasteiger partial charge < -0.3 is 5.11 Å². The number of hydrogen-bond donors (Lipinski definition) is 1. The summed E-state index contributed by atoms with van der Waals surface area (Å²) in [5.41, 5.74) is 0.840. The highest BCUT2D eigenvalue weighted by molar-refractivity contribution is 7.12. The van der Waals surface area contributed by atoms with Gasteiger partial charge in [-0.05, 0) is 29.9 Å². The van der Waals surface area contributed by atoms with Gasteiger partial charge >= 0.3 is 5.97 Å². The molecule has 0 spiro atoms. The van der Waals surface area contributed by atoms with Crippen LogP contribution in [-0.4, -0.2) is 11.1 Å². The Bertz CT molecular complexity index is 261. The van der Waals surface area contributed by atoms with Crippen LogP contribution < -0.4 is 0 Å². The van der Waals surface area contributed by atoms with Crippen molar-refractivity contribution in [1.29, 1.82) is 0 Å². The molecule has 0 aromatic carbocycles. The number of carbonyl (C=O) groups is 1. The molecule has 0 atom stereocenters. The first-order valence-electron chi connectivity index (χ1n) is 4.22. The van der Waals surface area contributed by atoms with E-state index in [-0.39, 0.29) is 0 Å². The molecule has 0 fully saturated rings. The fourth-order valence-corrected chi connectivity index (χ4v) is 1.35. The highest BCUT2D eigenvalue weighted by Gasteiger charge is 2.05. The largest absolute Gasteiger partial charge is 0.477 e. The summed E-state index contributed by atoms with van der Waals surface area (Å²) >= 11 is 1.26. The first-order valence-corrected chi connectivity index (χ1v) is 5.10. The molecule has 74 valence electrons. The van der Waals surface area contributed by atoms with Crippen molar-refractivity contribution in [3.8, 4) is 0 Å². The molecule has 0 aliphatic heterocycles. The number of hydrogen-bond acceptors (Lipinski definition) is 2. The Morgan fingerprint density at radius 3 is 2.08 bits per heavy atom. The van der Waals surface area contributed by atoms with Crippen LogP contribution >= 0.6 is 11.3 Å². The zero-order valence-electron chi connectivity index (χ0n) is 8.50. The molecule has 3 heteroatoms. The number of aryl methyl sites for hydroxylation is 1.